The van der Waals surface area contributed by atoms with Crippen LogP contribution in [0.15, 0.2) is 48.5 Å². The van der Waals surface area contributed by atoms with Gasteiger partial charge >= 0.3 is 0 Å². The predicted octanol–water partition coefficient (Wildman–Crippen LogP) is 5.03. The summed E-state index contributed by atoms with van der Waals surface area (Å²) in [5.41, 5.74) is 3.07. The number of nitrogens with zero attached hydrogens (tertiary/aromatic N) is 3. The van der Waals surface area contributed by atoms with Crippen molar-refractivity contribution in [1.82, 2.24) is 9.80 Å². The van der Waals surface area contributed by atoms with Gasteiger partial charge in [-0.25, -0.2) is 0 Å². The van der Waals surface area contributed by atoms with Crippen LogP contribution in [0.1, 0.15) is 62.9 Å². The van der Waals surface area contributed by atoms with Gasteiger partial charge in [0, 0.05) is 64.0 Å². The molecule has 1 fully saturated rings. The first kappa shape index (κ1) is 28.2. The molecule has 1 N–H and O–H groups in total. The highest BCUT2D eigenvalue weighted by atomic mass is 16.2. The van der Waals surface area contributed by atoms with E-state index in [1.165, 1.54) is 0 Å². The maximum Gasteiger partial charge on any atom is 0.256 e. The maximum absolute atomic E-state index is 13.7. The Morgan fingerprint density at radius 3 is 2.27 bits per heavy atom. The Balaban J connectivity index is 1.85. The van der Waals surface area contributed by atoms with Crippen molar-refractivity contribution in [2.75, 3.05) is 43.4 Å². The summed E-state index contributed by atoms with van der Waals surface area (Å²) < 4.78 is 0. The van der Waals surface area contributed by atoms with E-state index >= 15 is 0 Å². The normalized spacial score (nSPS) is 14.0. The van der Waals surface area contributed by atoms with E-state index in [1.807, 2.05) is 61.2 Å². The van der Waals surface area contributed by atoms with Crippen LogP contribution >= 0.6 is 0 Å². The minimum atomic E-state index is -0.101. The van der Waals surface area contributed by atoms with Crippen LogP contribution in [0.5, 0.6) is 0 Å². The molecule has 1 saturated heterocycles. The van der Waals surface area contributed by atoms with E-state index in [9.17, 15) is 14.4 Å². The molecule has 1 aliphatic heterocycles. The highest BCUT2D eigenvalue weighted by Crippen LogP contribution is 2.28. The SMILES string of the molecule is CC(C)CC(=O)Nc1ccc(N2CCCN(C(=O)CC(C)C)CC2)c(C(=O)N(C)Cc2ccccc2)c1. The largest absolute Gasteiger partial charge is 0.369 e. The number of rotatable bonds is 9. The number of carbonyl (C=O) groups is 3. The Labute approximate surface area is 221 Å². The minimum absolute atomic E-state index is 0.0622. The van der Waals surface area contributed by atoms with Gasteiger partial charge in [-0.2, -0.15) is 0 Å². The molecule has 0 spiro atoms. The molecule has 0 atom stereocenters. The zero-order valence-electron chi connectivity index (χ0n) is 23.0. The Bertz CT molecular complexity index is 1070. The molecule has 0 aliphatic carbocycles. The van der Waals surface area contributed by atoms with E-state index in [-0.39, 0.29) is 23.6 Å². The van der Waals surface area contributed by atoms with Crippen LogP contribution in [-0.4, -0.2) is 60.7 Å². The second-order valence-electron chi connectivity index (χ2n) is 10.8. The Morgan fingerprint density at radius 2 is 1.59 bits per heavy atom. The van der Waals surface area contributed by atoms with Crippen molar-refractivity contribution in [3.05, 3.63) is 59.7 Å². The van der Waals surface area contributed by atoms with Crippen LogP contribution in [0.2, 0.25) is 0 Å². The topological polar surface area (TPSA) is 73.0 Å². The highest BCUT2D eigenvalue weighted by Gasteiger charge is 2.25. The lowest BCUT2D eigenvalue weighted by molar-refractivity contribution is -0.131. The van der Waals surface area contributed by atoms with Gasteiger partial charge < -0.3 is 20.0 Å². The Kier molecular flexibility index (Phi) is 10.1. The number of nitrogens with one attached hydrogen (secondary N) is 1. The third kappa shape index (κ3) is 8.34. The van der Waals surface area contributed by atoms with Crippen molar-refractivity contribution in [2.24, 2.45) is 11.8 Å². The number of hydrogen-bond donors (Lipinski definition) is 1. The summed E-state index contributed by atoms with van der Waals surface area (Å²) in [5.74, 6) is 0.605. The Morgan fingerprint density at radius 1 is 0.892 bits per heavy atom. The fourth-order valence-electron chi connectivity index (χ4n) is 4.66. The summed E-state index contributed by atoms with van der Waals surface area (Å²) in [6.07, 6.45) is 1.81. The number of amides is 3. The monoisotopic (exact) mass is 506 g/mol. The van der Waals surface area contributed by atoms with Crippen LogP contribution in [0.25, 0.3) is 0 Å². The van der Waals surface area contributed by atoms with Crippen molar-refractivity contribution in [3.63, 3.8) is 0 Å². The third-order valence-electron chi connectivity index (χ3n) is 6.49. The van der Waals surface area contributed by atoms with Crippen molar-refractivity contribution in [2.45, 2.75) is 53.5 Å². The molecule has 0 aromatic heterocycles. The van der Waals surface area contributed by atoms with Gasteiger partial charge in [-0.3, -0.25) is 14.4 Å². The average molecular weight is 507 g/mol. The van der Waals surface area contributed by atoms with E-state index < -0.39 is 0 Å². The predicted molar refractivity (Wildman–Crippen MR) is 150 cm³/mol. The van der Waals surface area contributed by atoms with Crippen LogP contribution < -0.4 is 10.2 Å². The molecule has 0 bridgehead atoms. The summed E-state index contributed by atoms with van der Waals surface area (Å²) >= 11 is 0. The fraction of sp³-hybridized carbons (Fsp3) is 0.500. The van der Waals surface area contributed by atoms with Crippen LogP contribution in [0.3, 0.4) is 0 Å². The van der Waals surface area contributed by atoms with Gasteiger partial charge in [-0.05, 0) is 42.0 Å². The zero-order valence-corrected chi connectivity index (χ0v) is 23.0. The number of hydrogen-bond acceptors (Lipinski definition) is 4. The van der Waals surface area contributed by atoms with Gasteiger partial charge in [-0.15, -0.1) is 0 Å². The first-order valence-corrected chi connectivity index (χ1v) is 13.4. The molecule has 0 radical (unpaired) electrons. The van der Waals surface area contributed by atoms with Crippen LogP contribution in [0.4, 0.5) is 11.4 Å². The van der Waals surface area contributed by atoms with Gasteiger partial charge in [-0.1, -0.05) is 58.0 Å². The minimum Gasteiger partial charge on any atom is -0.369 e. The van der Waals surface area contributed by atoms with E-state index in [0.29, 0.717) is 49.6 Å². The molecule has 200 valence electrons. The molecule has 2 aromatic carbocycles. The van der Waals surface area contributed by atoms with E-state index in [4.69, 9.17) is 0 Å². The second kappa shape index (κ2) is 13.3. The molecule has 3 rings (SSSR count). The third-order valence-corrected chi connectivity index (χ3v) is 6.49. The number of carbonyl (C=O) groups excluding carboxylic acids is 3. The molecule has 0 unspecified atom stereocenters. The number of anilines is 2. The fourth-order valence-corrected chi connectivity index (χ4v) is 4.66. The highest BCUT2D eigenvalue weighted by molar-refractivity contribution is 6.02. The van der Waals surface area contributed by atoms with Gasteiger partial charge in [0.15, 0.2) is 0 Å². The molecule has 3 amide bonds. The average Bonchev–Trinajstić information content (AvgIpc) is 3.09. The lowest BCUT2D eigenvalue weighted by Gasteiger charge is -2.28. The summed E-state index contributed by atoms with van der Waals surface area (Å²) in [6, 6.07) is 15.5. The lowest BCUT2D eigenvalue weighted by Crippen LogP contribution is -2.36. The molecule has 2 aromatic rings. The molecular weight excluding hydrogens is 464 g/mol. The van der Waals surface area contributed by atoms with E-state index in [0.717, 1.165) is 30.8 Å². The molecule has 1 aliphatic rings. The van der Waals surface area contributed by atoms with Crippen molar-refractivity contribution in [3.8, 4) is 0 Å². The van der Waals surface area contributed by atoms with Crippen LogP contribution in [0, 0.1) is 11.8 Å². The van der Waals surface area contributed by atoms with Crippen molar-refractivity contribution < 1.29 is 14.4 Å². The van der Waals surface area contributed by atoms with Crippen LogP contribution in [-0.2, 0) is 16.1 Å². The summed E-state index contributed by atoms with van der Waals surface area (Å²) in [6.45, 7) is 11.4. The molecule has 1 heterocycles. The molecular formula is C30H42N4O3. The van der Waals surface area contributed by atoms with Gasteiger partial charge in [0.25, 0.3) is 5.91 Å². The zero-order chi connectivity index (χ0) is 26.9. The summed E-state index contributed by atoms with van der Waals surface area (Å²) in [5, 5.41) is 2.96. The van der Waals surface area contributed by atoms with Gasteiger partial charge in [0.05, 0.1) is 5.56 Å². The van der Waals surface area contributed by atoms with Gasteiger partial charge in [0.2, 0.25) is 11.8 Å². The molecule has 7 nitrogen and oxygen atoms in total. The van der Waals surface area contributed by atoms with E-state index in [1.54, 1.807) is 18.0 Å². The second-order valence-corrected chi connectivity index (χ2v) is 10.8. The Hall–Kier alpha value is -3.35. The summed E-state index contributed by atoms with van der Waals surface area (Å²) in [4.78, 5) is 44.7. The van der Waals surface area contributed by atoms with Crippen molar-refractivity contribution in [1.29, 1.82) is 0 Å². The smallest absolute Gasteiger partial charge is 0.256 e. The maximum atomic E-state index is 13.7. The first-order chi connectivity index (χ1) is 17.6. The molecule has 37 heavy (non-hydrogen) atoms. The lowest BCUT2D eigenvalue weighted by atomic mass is 10.1. The standard InChI is InChI=1S/C30H42N4O3/c1-22(2)18-28(35)31-25-12-13-27(33-14-9-15-34(17-16-33)29(36)19-23(3)4)26(20-25)30(37)32(5)21-24-10-7-6-8-11-24/h6-8,10-13,20,22-23H,9,14-19,21H2,1-5H3,(H,31,35). The van der Waals surface area contributed by atoms with E-state index in [2.05, 4.69) is 24.1 Å². The first-order valence-electron chi connectivity index (χ1n) is 13.4. The molecule has 7 heteroatoms. The molecule has 0 saturated carbocycles. The van der Waals surface area contributed by atoms with Gasteiger partial charge in [0.1, 0.15) is 0 Å². The quantitative estimate of drug-likeness (QED) is 0.518. The van der Waals surface area contributed by atoms with Crippen molar-refractivity contribution >= 4 is 29.1 Å². The summed E-state index contributed by atoms with van der Waals surface area (Å²) in [7, 11) is 1.80. The number of benzene rings is 2.